The summed E-state index contributed by atoms with van der Waals surface area (Å²) < 4.78 is 0. The molecule has 0 saturated carbocycles. The van der Waals surface area contributed by atoms with Crippen LogP contribution in [0.1, 0.15) is 17.9 Å². The molecule has 1 fully saturated rings. The van der Waals surface area contributed by atoms with Crippen molar-refractivity contribution in [3.8, 4) is 0 Å². The van der Waals surface area contributed by atoms with Crippen LogP contribution in [0, 0.1) is 0 Å². The summed E-state index contributed by atoms with van der Waals surface area (Å²) in [7, 11) is 0. The monoisotopic (exact) mass is 349 g/mol. The van der Waals surface area contributed by atoms with Crippen LogP contribution in [0.15, 0.2) is 42.5 Å². The average molecular weight is 350 g/mol. The molecule has 1 atom stereocenters. The van der Waals surface area contributed by atoms with Gasteiger partial charge in [-0.25, -0.2) is 4.79 Å². The molecule has 0 bridgehead atoms. The number of benzene rings is 2. The van der Waals surface area contributed by atoms with E-state index in [4.69, 9.17) is 23.2 Å². The Balaban J connectivity index is 1.61. The lowest BCUT2D eigenvalue weighted by Crippen LogP contribution is -2.19. The maximum absolute atomic E-state index is 12.0. The van der Waals surface area contributed by atoms with Crippen LogP contribution in [0.3, 0.4) is 0 Å². The van der Waals surface area contributed by atoms with Crippen molar-refractivity contribution in [1.29, 1.82) is 0 Å². The van der Waals surface area contributed by atoms with Crippen LogP contribution in [0.4, 0.5) is 16.2 Å². The molecule has 23 heavy (non-hydrogen) atoms. The van der Waals surface area contributed by atoms with E-state index in [9.17, 15) is 4.79 Å². The Labute approximate surface area is 145 Å². The van der Waals surface area contributed by atoms with Crippen molar-refractivity contribution in [3.63, 3.8) is 0 Å². The molecular formula is C17H17Cl2N3O. The minimum atomic E-state index is -0.343. The zero-order chi connectivity index (χ0) is 16.2. The molecule has 2 aromatic rings. The van der Waals surface area contributed by atoms with Gasteiger partial charge in [0.25, 0.3) is 0 Å². The summed E-state index contributed by atoms with van der Waals surface area (Å²) >= 11 is 11.9. The van der Waals surface area contributed by atoms with E-state index in [0.29, 0.717) is 21.7 Å². The molecule has 3 rings (SSSR count). The fourth-order valence-corrected chi connectivity index (χ4v) is 3.11. The lowest BCUT2D eigenvalue weighted by molar-refractivity contribution is 0.262. The van der Waals surface area contributed by atoms with Crippen molar-refractivity contribution in [1.82, 2.24) is 5.32 Å². The number of amides is 2. The zero-order valence-corrected chi connectivity index (χ0v) is 13.9. The maximum Gasteiger partial charge on any atom is 0.323 e. The van der Waals surface area contributed by atoms with Crippen LogP contribution < -0.4 is 16.0 Å². The third-order valence-electron chi connectivity index (χ3n) is 3.88. The molecule has 1 saturated heterocycles. The molecule has 0 aromatic heterocycles. The first kappa shape index (κ1) is 16.1. The number of hydrogen-bond donors (Lipinski definition) is 3. The highest BCUT2D eigenvalue weighted by atomic mass is 35.5. The highest BCUT2D eigenvalue weighted by Crippen LogP contribution is 2.26. The summed E-state index contributed by atoms with van der Waals surface area (Å²) in [6.45, 7) is 2.08. The van der Waals surface area contributed by atoms with E-state index >= 15 is 0 Å². The van der Waals surface area contributed by atoms with E-state index in [1.54, 1.807) is 18.2 Å². The second-order valence-corrected chi connectivity index (χ2v) is 6.36. The van der Waals surface area contributed by atoms with Gasteiger partial charge in [0.2, 0.25) is 0 Å². The number of hydrogen-bond acceptors (Lipinski definition) is 2. The minimum Gasteiger partial charge on any atom is -0.316 e. The van der Waals surface area contributed by atoms with Gasteiger partial charge in [0.05, 0.1) is 10.7 Å². The maximum atomic E-state index is 12.0. The van der Waals surface area contributed by atoms with Crippen LogP contribution in [-0.4, -0.2) is 19.1 Å². The number of rotatable bonds is 3. The van der Waals surface area contributed by atoms with Gasteiger partial charge in [0.15, 0.2) is 0 Å². The van der Waals surface area contributed by atoms with Crippen molar-refractivity contribution >= 4 is 40.6 Å². The molecule has 0 unspecified atom stereocenters. The van der Waals surface area contributed by atoms with Crippen LogP contribution >= 0.6 is 23.2 Å². The smallest absolute Gasteiger partial charge is 0.316 e. The first-order valence-corrected chi connectivity index (χ1v) is 8.21. The fourth-order valence-electron chi connectivity index (χ4n) is 2.65. The Kier molecular flexibility index (Phi) is 5.06. The molecule has 2 amide bonds. The average Bonchev–Trinajstić information content (AvgIpc) is 3.05. The Bertz CT molecular complexity index is 697. The summed E-state index contributed by atoms with van der Waals surface area (Å²) in [6.07, 6.45) is 1.16. The molecule has 3 N–H and O–H groups in total. The Morgan fingerprint density at radius 3 is 2.52 bits per heavy atom. The molecule has 4 nitrogen and oxygen atoms in total. The zero-order valence-electron chi connectivity index (χ0n) is 12.4. The molecule has 2 aromatic carbocycles. The molecule has 6 heteroatoms. The second-order valence-electron chi connectivity index (χ2n) is 5.52. The van der Waals surface area contributed by atoms with Crippen molar-refractivity contribution in [3.05, 3.63) is 58.1 Å². The van der Waals surface area contributed by atoms with Crippen LogP contribution in [-0.2, 0) is 0 Å². The summed E-state index contributed by atoms with van der Waals surface area (Å²) in [5, 5.41) is 9.78. The summed E-state index contributed by atoms with van der Waals surface area (Å²) in [4.78, 5) is 12.0. The number of nitrogens with one attached hydrogen (secondary N) is 3. The van der Waals surface area contributed by atoms with Gasteiger partial charge < -0.3 is 16.0 Å². The van der Waals surface area contributed by atoms with Gasteiger partial charge in [0.1, 0.15) is 0 Å². The predicted octanol–water partition coefficient (Wildman–Crippen LogP) is 4.71. The quantitative estimate of drug-likeness (QED) is 0.751. The normalized spacial score (nSPS) is 17.0. The predicted molar refractivity (Wildman–Crippen MR) is 95.8 cm³/mol. The number of anilines is 2. The van der Waals surface area contributed by atoms with Crippen LogP contribution in [0.5, 0.6) is 0 Å². The largest absolute Gasteiger partial charge is 0.323 e. The van der Waals surface area contributed by atoms with Crippen molar-refractivity contribution in [2.24, 2.45) is 0 Å². The summed E-state index contributed by atoms with van der Waals surface area (Å²) in [6, 6.07) is 12.5. The highest BCUT2D eigenvalue weighted by molar-refractivity contribution is 6.36. The number of carbonyl (C=O) groups excluding carboxylic acids is 1. The lowest BCUT2D eigenvalue weighted by atomic mass is 9.98. The third kappa shape index (κ3) is 4.16. The Morgan fingerprint density at radius 1 is 1.09 bits per heavy atom. The first-order valence-electron chi connectivity index (χ1n) is 7.45. The van der Waals surface area contributed by atoms with Crippen LogP contribution in [0.2, 0.25) is 10.0 Å². The van der Waals surface area contributed by atoms with Gasteiger partial charge >= 0.3 is 6.03 Å². The molecule has 0 spiro atoms. The summed E-state index contributed by atoms with van der Waals surface area (Å²) in [5.74, 6) is 0.561. The van der Waals surface area contributed by atoms with E-state index < -0.39 is 0 Å². The van der Waals surface area contributed by atoms with Gasteiger partial charge in [-0.1, -0.05) is 35.3 Å². The number of urea groups is 1. The molecule has 0 radical (unpaired) electrons. The topological polar surface area (TPSA) is 53.2 Å². The lowest BCUT2D eigenvalue weighted by Gasteiger charge is -2.12. The SMILES string of the molecule is O=C(Nc1ccc([C@@H]2CCNC2)cc1)Nc1ccc(Cl)cc1Cl. The Hall–Kier alpha value is -1.75. The minimum absolute atomic E-state index is 0.343. The number of carbonyl (C=O) groups is 1. The molecular weight excluding hydrogens is 333 g/mol. The van der Waals surface area contributed by atoms with Gasteiger partial charge in [-0.05, 0) is 54.8 Å². The molecule has 1 aliphatic heterocycles. The van der Waals surface area contributed by atoms with E-state index in [1.165, 1.54) is 5.56 Å². The van der Waals surface area contributed by atoms with Crippen molar-refractivity contribution in [2.45, 2.75) is 12.3 Å². The third-order valence-corrected chi connectivity index (χ3v) is 4.43. The molecule has 0 aliphatic carbocycles. The van der Waals surface area contributed by atoms with Gasteiger partial charge in [-0.2, -0.15) is 0 Å². The second kappa shape index (κ2) is 7.21. The van der Waals surface area contributed by atoms with Gasteiger partial charge in [-0.15, -0.1) is 0 Å². The molecule has 1 heterocycles. The van der Waals surface area contributed by atoms with Gasteiger partial charge in [0, 0.05) is 17.3 Å². The van der Waals surface area contributed by atoms with E-state index in [1.807, 2.05) is 12.1 Å². The molecule has 1 aliphatic rings. The fraction of sp³-hybridized carbons (Fsp3) is 0.235. The first-order chi connectivity index (χ1) is 11.1. The van der Waals surface area contributed by atoms with E-state index in [2.05, 4.69) is 28.1 Å². The van der Waals surface area contributed by atoms with E-state index in [0.717, 1.165) is 25.2 Å². The molecule has 120 valence electrons. The van der Waals surface area contributed by atoms with Crippen molar-refractivity contribution < 1.29 is 4.79 Å². The highest BCUT2D eigenvalue weighted by Gasteiger charge is 2.16. The van der Waals surface area contributed by atoms with E-state index in [-0.39, 0.29) is 6.03 Å². The Morgan fingerprint density at radius 2 is 1.87 bits per heavy atom. The standard InChI is InChI=1S/C17H17Cl2N3O/c18-13-3-6-16(15(19)9-13)22-17(23)21-14-4-1-11(2-5-14)12-7-8-20-10-12/h1-6,9,12,20H,7-8,10H2,(H2,21,22,23)/t12-/m1/s1. The summed E-state index contributed by atoms with van der Waals surface area (Å²) in [5.41, 5.74) is 2.55. The number of halogens is 2. The van der Waals surface area contributed by atoms with Crippen LogP contribution in [0.25, 0.3) is 0 Å². The van der Waals surface area contributed by atoms with Gasteiger partial charge in [-0.3, -0.25) is 0 Å². The van der Waals surface area contributed by atoms with Crippen molar-refractivity contribution in [2.75, 3.05) is 23.7 Å².